The Morgan fingerprint density at radius 1 is 1.22 bits per heavy atom. The number of anilines is 1. The van der Waals surface area contributed by atoms with E-state index in [1.54, 1.807) is 42.6 Å². The molecular formula is C17H15N3O3. The molecule has 0 aliphatic carbocycles. The topological polar surface area (TPSA) is 72.7 Å². The quantitative estimate of drug-likeness (QED) is 0.803. The van der Waals surface area contributed by atoms with Crippen molar-refractivity contribution in [1.29, 1.82) is 0 Å². The molecule has 0 unspecified atom stereocenters. The molecule has 0 aliphatic heterocycles. The molecule has 116 valence electrons. The van der Waals surface area contributed by atoms with Gasteiger partial charge in [-0.15, -0.1) is 0 Å². The zero-order valence-electron chi connectivity index (χ0n) is 12.5. The molecule has 0 saturated heterocycles. The van der Waals surface area contributed by atoms with Gasteiger partial charge in [0.2, 0.25) is 0 Å². The normalized spacial score (nSPS) is 10.5. The van der Waals surface area contributed by atoms with E-state index in [1.165, 1.54) is 10.6 Å². The van der Waals surface area contributed by atoms with Gasteiger partial charge in [-0.25, -0.2) is 4.98 Å². The summed E-state index contributed by atoms with van der Waals surface area (Å²) in [6, 6.07) is 12.3. The van der Waals surface area contributed by atoms with E-state index in [0.29, 0.717) is 23.7 Å². The summed E-state index contributed by atoms with van der Waals surface area (Å²) >= 11 is 0. The van der Waals surface area contributed by atoms with Gasteiger partial charge in [-0.05, 0) is 31.2 Å². The highest BCUT2D eigenvalue weighted by Crippen LogP contribution is 2.23. The molecule has 0 aliphatic rings. The molecule has 3 aromatic rings. The molecule has 6 heteroatoms. The number of nitrogens with zero attached hydrogens (tertiary/aromatic N) is 2. The highest BCUT2D eigenvalue weighted by Gasteiger charge is 2.15. The van der Waals surface area contributed by atoms with Gasteiger partial charge in [0.05, 0.1) is 12.3 Å². The van der Waals surface area contributed by atoms with E-state index in [4.69, 9.17) is 4.74 Å². The largest absolute Gasteiger partial charge is 0.492 e. The third kappa shape index (κ3) is 2.91. The number of hydrogen-bond acceptors (Lipinski definition) is 4. The summed E-state index contributed by atoms with van der Waals surface area (Å²) in [5.41, 5.74) is 0.558. The van der Waals surface area contributed by atoms with Gasteiger partial charge < -0.3 is 10.1 Å². The van der Waals surface area contributed by atoms with Gasteiger partial charge in [-0.3, -0.25) is 14.0 Å². The number of benzene rings is 1. The molecule has 1 aromatic carbocycles. The minimum absolute atomic E-state index is 0.0278. The number of carbonyl (C=O) groups excluding carboxylic acids is 1. The first-order valence-corrected chi connectivity index (χ1v) is 7.20. The third-order valence-corrected chi connectivity index (χ3v) is 3.29. The standard InChI is InChI=1S/C17H15N3O3/c1-2-23-14-8-4-3-7-13(14)19-16(21)12-11-18-15-9-5-6-10-20(15)17(12)22/h3-11H,2H2,1H3,(H,19,21). The van der Waals surface area contributed by atoms with Crippen molar-refractivity contribution in [2.45, 2.75) is 6.92 Å². The molecule has 2 aromatic heterocycles. The molecular weight excluding hydrogens is 294 g/mol. The Balaban J connectivity index is 1.96. The Morgan fingerprint density at radius 2 is 2.00 bits per heavy atom. The predicted octanol–water partition coefficient (Wildman–Crippen LogP) is 2.35. The number of hydrogen-bond donors (Lipinski definition) is 1. The van der Waals surface area contributed by atoms with E-state index in [1.807, 2.05) is 13.0 Å². The van der Waals surface area contributed by atoms with Gasteiger partial charge in [0.25, 0.3) is 11.5 Å². The lowest BCUT2D eigenvalue weighted by atomic mass is 10.2. The molecule has 0 saturated carbocycles. The lowest BCUT2D eigenvalue weighted by Gasteiger charge is -2.11. The van der Waals surface area contributed by atoms with Gasteiger partial charge in [-0.2, -0.15) is 0 Å². The lowest BCUT2D eigenvalue weighted by Crippen LogP contribution is -2.26. The first-order chi connectivity index (χ1) is 11.2. The number of ether oxygens (including phenoxy) is 1. The van der Waals surface area contributed by atoms with Gasteiger partial charge in [0, 0.05) is 12.4 Å². The number of para-hydroxylation sites is 2. The van der Waals surface area contributed by atoms with Crippen molar-refractivity contribution in [2.75, 3.05) is 11.9 Å². The maximum absolute atomic E-state index is 12.4. The monoisotopic (exact) mass is 309 g/mol. The summed E-state index contributed by atoms with van der Waals surface area (Å²) in [6.07, 6.45) is 2.87. The Morgan fingerprint density at radius 3 is 2.83 bits per heavy atom. The van der Waals surface area contributed by atoms with Crippen LogP contribution in [-0.2, 0) is 0 Å². The molecule has 23 heavy (non-hydrogen) atoms. The summed E-state index contributed by atoms with van der Waals surface area (Å²) < 4.78 is 6.80. The summed E-state index contributed by atoms with van der Waals surface area (Å²) in [7, 11) is 0. The molecule has 0 radical (unpaired) electrons. The van der Waals surface area contributed by atoms with Crippen molar-refractivity contribution in [3.8, 4) is 5.75 Å². The van der Waals surface area contributed by atoms with Gasteiger partial charge >= 0.3 is 0 Å². The molecule has 0 fully saturated rings. The summed E-state index contributed by atoms with van der Waals surface area (Å²) in [5, 5.41) is 2.70. The first-order valence-electron chi connectivity index (χ1n) is 7.20. The SMILES string of the molecule is CCOc1ccccc1NC(=O)c1cnc2ccccn2c1=O. The van der Waals surface area contributed by atoms with E-state index in [-0.39, 0.29) is 5.56 Å². The molecule has 2 heterocycles. The molecule has 1 amide bonds. The number of nitrogens with one attached hydrogen (secondary N) is 1. The average molecular weight is 309 g/mol. The van der Waals surface area contributed by atoms with E-state index in [2.05, 4.69) is 10.3 Å². The number of amides is 1. The van der Waals surface area contributed by atoms with Crippen molar-refractivity contribution < 1.29 is 9.53 Å². The fourth-order valence-electron chi connectivity index (χ4n) is 2.22. The summed E-state index contributed by atoms with van der Waals surface area (Å²) in [5.74, 6) is 0.0325. The van der Waals surface area contributed by atoms with Crippen LogP contribution in [0.2, 0.25) is 0 Å². The highest BCUT2D eigenvalue weighted by molar-refractivity contribution is 6.04. The van der Waals surface area contributed by atoms with Crippen LogP contribution in [0.1, 0.15) is 17.3 Å². The van der Waals surface area contributed by atoms with Crippen LogP contribution < -0.4 is 15.6 Å². The van der Waals surface area contributed by atoms with Crippen molar-refractivity contribution in [3.63, 3.8) is 0 Å². The summed E-state index contributed by atoms with van der Waals surface area (Å²) in [4.78, 5) is 29.0. The van der Waals surface area contributed by atoms with Crippen LogP contribution >= 0.6 is 0 Å². The number of carbonyl (C=O) groups is 1. The van der Waals surface area contributed by atoms with Crippen LogP contribution in [0, 0.1) is 0 Å². The van der Waals surface area contributed by atoms with E-state index < -0.39 is 11.5 Å². The molecule has 1 N–H and O–H groups in total. The van der Waals surface area contributed by atoms with E-state index >= 15 is 0 Å². The van der Waals surface area contributed by atoms with Crippen LogP contribution in [0.5, 0.6) is 5.75 Å². The number of rotatable bonds is 4. The second-order valence-corrected chi connectivity index (χ2v) is 4.79. The van der Waals surface area contributed by atoms with Gasteiger partial charge in [0.1, 0.15) is 17.0 Å². The lowest BCUT2D eigenvalue weighted by molar-refractivity contribution is 0.102. The fourth-order valence-corrected chi connectivity index (χ4v) is 2.22. The minimum atomic E-state index is -0.520. The molecule has 6 nitrogen and oxygen atoms in total. The molecule has 0 spiro atoms. The Labute approximate surface area is 132 Å². The molecule has 3 rings (SSSR count). The molecule has 0 atom stereocenters. The van der Waals surface area contributed by atoms with Crippen LogP contribution in [-0.4, -0.2) is 21.9 Å². The first kappa shape index (κ1) is 14.8. The smallest absolute Gasteiger partial charge is 0.270 e. The van der Waals surface area contributed by atoms with Crippen molar-refractivity contribution in [3.05, 3.63) is 70.8 Å². The predicted molar refractivity (Wildman–Crippen MR) is 87.0 cm³/mol. The second-order valence-electron chi connectivity index (χ2n) is 4.79. The maximum atomic E-state index is 12.4. The van der Waals surface area contributed by atoms with E-state index in [0.717, 1.165) is 0 Å². The Hall–Kier alpha value is -3.15. The van der Waals surface area contributed by atoms with Gasteiger partial charge in [0.15, 0.2) is 0 Å². The minimum Gasteiger partial charge on any atom is -0.492 e. The van der Waals surface area contributed by atoms with Crippen molar-refractivity contribution in [1.82, 2.24) is 9.38 Å². The fraction of sp³-hybridized carbons (Fsp3) is 0.118. The summed E-state index contributed by atoms with van der Waals surface area (Å²) in [6.45, 7) is 2.34. The number of fused-ring (bicyclic) bond motifs is 1. The van der Waals surface area contributed by atoms with Crippen molar-refractivity contribution in [2.24, 2.45) is 0 Å². The van der Waals surface area contributed by atoms with E-state index in [9.17, 15) is 9.59 Å². The average Bonchev–Trinajstić information content (AvgIpc) is 2.57. The Kier molecular flexibility index (Phi) is 4.05. The number of pyridine rings is 1. The van der Waals surface area contributed by atoms with Crippen LogP contribution in [0.3, 0.4) is 0 Å². The second kappa shape index (κ2) is 6.31. The zero-order chi connectivity index (χ0) is 16.2. The highest BCUT2D eigenvalue weighted by atomic mass is 16.5. The Bertz CT molecular complexity index is 918. The van der Waals surface area contributed by atoms with Crippen LogP contribution in [0.25, 0.3) is 5.65 Å². The van der Waals surface area contributed by atoms with Crippen molar-refractivity contribution >= 4 is 17.2 Å². The third-order valence-electron chi connectivity index (χ3n) is 3.29. The van der Waals surface area contributed by atoms with Crippen LogP contribution in [0.4, 0.5) is 5.69 Å². The molecule has 0 bridgehead atoms. The maximum Gasteiger partial charge on any atom is 0.270 e. The van der Waals surface area contributed by atoms with Crippen LogP contribution in [0.15, 0.2) is 59.7 Å². The zero-order valence-corrected chi connectivity index (χ0v) is 12.5. The number of aromatic nitrogens is 2. The van der Waals surface area contributed by atoms with Gasteiger partial charge in [-0.1, -0.05) is 18.2 Å².